The SMILES string of the molecule is CCCOc1ccc(C(O)=C2C(=O)C(=O)N(c3nc(C)c(C(=O)OC)s3)[C@@H]2c2ccc(OC)cc2)c(C)c1. The van der Waals surface area contributed by atoms with Gasteiger partial charge in [-0.2, -0.15) is 0 Å². The number of hydrogen-bond donors (Lipinski definition) is 1. The first-order chi connectivity index (χ1) is 18.2. The van der Waals surface area contributed by atoms with Gasteiger partial charge in [0.2, 0.25) is 0 Å². The number of aryl methyl sites for hydroxylation is 2. The molecular weight excluding hydrogens is 508 g/mol. The van der Waals surface area contributed by atoms with Gasteiger partial charge in [-0.15, -0.1) is 0 Å². The summed E-state index contributed by atoms with van der Waals surface area (Å²) in [6, 6.07) is 11.0. The van der Waals surface area contributed by atoms with Gasteiger partial charge in [-0.3, -0.25) is 14.5 Å². The molecule has 1 amide bonds. The molecule has 198 valence electrons. The van der Waals surface area contributed by atoms with Crippen molar-refractivity contribution in [2.75, 3.05) is 25.7 Å². The first-order valence-electron chi connectivity index (χ1n) is 12.0. The molecular formula is C28H28N2O7S. The number of thiazole rings is 1. The Bertz CT molecular complexity index is 1430. The molecule has 3 aromatic rings. The van der Waals surface area contributed by atoms with Gasteiger partial charge in [0.1, 0.15) is 22.1 Å². The molecule has 0 bridgehead atoms. The standard InChI is InChI=1S/C28H28N2O7S/c1-6-13-37-19-11-12-20(15(2)14-19)23(31)21-22(17-7-9-18(35-4)10-8-17)30(26(33)24(21)32)28-29-16(3)25(38-28)27(34)36-5/h7-12,14,22,31H,6,13H2,1-5H3/t22-/m1/s1. The van der Waals surface area contributed by atoms with Crippen LogP contribution in [0.15, 0.2) is 48.0 Å². The predicted octanol–water partition coefficient (Wildman–Crippen LogP) is 4.97. The summed E-state index contributed by atoms with van der Waals surface area (Å²) < 4.78 is 15.8. The topological polar surface area (TPSA) is 115 Å². The molecule has 10 heteroatoms. The summed E-state index contributed by atoms with van der Waals surface area (Å²) in [6.07, 6.45) is 0.847. The molecule has 1 saturated heterocycles. The summed E-state index contributed by atoms with van der Waals surface area (Å²) >= 11 is 0.945. The zero-order valence-electron chi connectivity index (χ0n) is 21.7. The van der Waals surface area contributed by atoms with Crippen molar-refractivity contribution in [3.63, 3.8) is 0 Å². The Morgan fingerprint density at radius 1 is 1.08 bits per heavy atom. The Morgan fingerprint density at radius 2 is 1.76 bits per heavy atom. The van der Waals surface area contributed by atoms with Crippen molar-refractivity contribution in [1.82, 2.24) is 4.98 Å². The highest BCUT2D eigenvalue weighted by molar-refractivity contribution is 7.17. The van der Waals surface area contributed by atoms with Gasteiger partial charge in [-0.1, -0.05) is 30.4 Å². The van der Waals surface area contributed by atoms with E-state index in [9.17, 15) is 19.5 Å². The van der Waals surface area contributed by atoms with E-state index >= 15 is 0 Å². The molecule has 2 heterocycles. The second-order valence-corrected chi connectivity index (χ2v) is 9.65. The van der Waals surface area contributed by atoms with Gasteiger partial charge in [0, 0.05) is 5.56 Å². The molecule has 0 aliphatic carbocycles. The zero-order chi connectivity index (χ0) is 27.6. The maximum absolute atomic E-state index is 13.4. The summed E-state index contributed by atoms with van der Waals surface area (Å²) in [5.74, 6) is -1.40. The van der Waals surface area contributed by atoms with Crippen LogP contribution < -0.4 is 14.4 Å². The summed E-state index contributed by atoms with van der Waals surface area (Å²) in [4.78, 5) is 44.9. The maximum Gasteiger partial charge on any atom is 0.350 e. The van der Waals surface area contributed by atoms with E-state index in [0.29, 0.717) is 40.5 Å². The summed E-state index contributed by atoms with van der Waals surface area (Å²) in [5.41, 5.74) is 1.91. The lowest BCUT2D eigenvalue weighted by molar-refractivity contribution is -0.132. The van der Waals surface area contributed by atoms with Gasteiger partial charge in [0.25, 0.3) is 5.78 Å². The van der Waals surface area contributed by atoms with Crippen LogP contribution in [0.25, 0.3) is 5.76 Å². The van der Waals surface area contributed by atoms with E-state index in [1.165, 1.54) is 19.1 Å². The van der Waals surface area contributed by atoms with Gasteiger partial charge in [0.15, 0.2) is 5.13 Å². The molecule has 4 rings (SSSR count). The van der Waals surface area contributed by atoms with Crippen LogP contribution in [0, 0.1) is 13.8 Å². The molecule has 1 aromatic heterocycles. The number of aliphatic hydroxyl groups is 1. The van der Waals surface area contributed by atoms with Gasteiger partial charge in [0.05, 0.1) is 38.1 Å². The minimum atomic E-state index is -0.993. The smallest absolute Gasteiger partial charge is 0.350 e. The highest BCUT2D eigenvalue weighted by Crippen LogP contribution is 2.44. The van der Waals surface area contributed by atoms with Crippen LogP contribution in [0.4, 0.5) is 5.13 Å². The van der Waals surface area contributed by atoms with E-state index in [4.69, 9.17) is 14.2 Å². The molecule has 9 nitrogen and oxygen atoms in total. The monoisotopic (exact) mass is 536 g/mol. The normalized spacial score (nSPS) is 16.6. The van der Waals surface area contributed by atoms with Crippen molar-refractivity contribution in [3.05, 3.63) is 75.3 Å². The largest absolute Gasteiger partial charge is 0.507 e. The molecule has 1 fully saturated rings. The number of carbonyl (C=O) groups excluding carboxylic acids is 3. The highest BCUT2D eigenvalue weighted by atomic mass is 32.1. The maximum atomic E-state index is 13.4. The zero-order valence-corrected chi connectivity index (χ0v) is 22.5. The minimum absolute atomic E-state index is 0.0852. The van der Waals surface area contributed by atoms with Crippen molar-refractivity contribution < 1.29 is 33.7 Å². The van der Waals surface area contributed by atoms with E-state index in [1.54, 1.807) is 56.3 Å². The molecule has 0 saturated carbocycles. The Kier molecular flexibility index (Phi) is 7.82. The average Bonchev–Trinajstić information content (AvgIpc) is 3.43. The molecule has 1 aliphatic heterocycles. The number of methoxy groups -OCH3 is 2. The van der Waals surface area contributed by atoms with Crippen molar-refractivity contribution >= 4 is 39.9 Å². The lowest BCUT2D eigenvalue weighted by atomic mass is 9.94. The molecule has 0 spiro atoms. The molecule has 0 radical (unpaired) electrons. The number of aromatic nitrogens is 1. The molecule has 38 heavy (non-hydrogen) atoms. The first-order valence-corrected chi connectivity index (χ1v) is 12.8. The second-order valence-electron chi connectivity index (χ2n) is 8.67. The van der Waals surface area contributed by atoms with E-state index in [-0.39, 0.29) is 21.3 Å². The Labute approximate surface area is 224 Å². The highest BCUT2D eigenvalue weighted by Gasteiger charge is 2.48. The number of amides is 1. The third-order valence-corrected chi connectivity index (χ3v) is 7.30. The fourth-order valence-corrected chi connectivity index (χ4v) is 5.27. The second kappa shape index (κ2) is 11.1. The average molecular weight is 537 g/mol. The number of benzene rings is 2. The Hall–Kier alpha value is -4.18. The predicted molar refractivity (Wildman–Crippen MR) is 143 cm³/mol. The van der Waals surface area contributed by atoms with Crippen LogP contribution in [0.1, 0.15) is 51.4 Å². The number of carbonyl (C=O) groups is 3. The fourth-order valence-electron chi connectivity index (χ4n) is 4.26. The number of ketones is 1. The summed E-state index contributed by atoms with van der Waals surface area (Å²) in [5, 5.41) is 11.6. The van der Waals surface area contributed by atoms with E-state index in [2.05, 4.69) is 4.98 Å². The molecule has 1 N–H and O–H groups in total. The third-order valence-electron chi connectivity index (χ3n) is 6.16. The van der Waals surface area contributed by atoms with Crippen molar-refractivity contribution in [3.8, 4) is 11.5 Å². The molecule has 1 aliphatic rings. The van der Waals surface area contributed by atoms with E-state index < -0.39 is 23.7 Å². The number of ether oxygens (including phenoxy) is 3. The van der Waals surface area contributed by atoms with Crippen LogP contribution in [-0.2, 0) is 14.3 Å². The number of aliphatic hydroxyl groups excluding tert-OH is 1. The quantitative estimate of drug-likeness (QED) is 0.186. The Balaban J connectivity index is 1.89. The van der Waals surface area contributed by atoms with Crippen LogP contribution in [0.3, 0.4) is 0 Å². The number of anilines is 1. The van der Waals surface area contributed by atoms with Crippen LogP contribution in [-0.4, -0.2) is 48.6 Å². The Morgan fingerprint density at radius 3 is 2.37 bits per heavy atom. The lowest BCUT2D eigenvalue weighted by Crippen LogP contribution is -2.29. The molecule has 0 unspecified atom stereocenters. The van der Waals surface area contributed by atoms with Crippen molar-refractivity contribution in [2.24, 2.45) is 0 Å². The number of hydrogen-bond acceptors (Lipinski definition) is 9. The fraction of sp³-hybridized carbons (Fsp3) is 0.286. The van der Waals surface area contributed by atoms with Crippen molar-refractivity contribution in [1.29, 1.82) is 0 Å². The lowest BCUT2D eigenvalue weighted by Gasteiger charge is -2.23. The van der Waals surface area contributed by atoms with Gasteiger partial charge in [-0.25, -0.2) is 9.78 Å². The van der Waals surface area contributed by atoms with Crippen LogP contribution in [0.5, 0.6) is 11.5 Å². The number of esters is 1. The number of Topliss-reactive ketones (excluding diaryl/α,β-unsaturated/α-hetero) is 1. The summed E-state index contributed by atoms with van der Waals surface area (Å²) in [7, 11) is 2.79. The number of nitrogens with zero attached hydrogens (tertiary/aromatic N) is 2. The van der Waals surface area contributed by atoms with E-state index in [0.717, 1.165) is 17.8 Å². The van der Waals surface area contributed by atoms with Crippen molar-refractivity contribution in [2.45, 2.75) is 33.2 Å². The van der Waals surface area contributed by atoms with Gasteiger partial charge in [-0.05, 0) is 61.7 Å². The molecule has 2 aromatic carbocycles. The summed E-state index contributed by atoms with van der Waals surface area (Å²) in [6.45, 7) is 5.97. The van der Waals surface area contributed by atoms with Gasteiger partial charge < -0.3 is 19.3 Å². The number of rotatable bonds is 8. The molecule has 1 atom stereocenters. The third kappa shape index (κ3) is 4.87. The van der Waals surface area contributed by atoms with E-state index in [1.807, 2.05) is 6.92 Å². The van der Waals surface area contributed by atoms with Crippen LogP contribution >= 0.6 is 11.3 Å². The van der Waals surface area contributed by atoms with Crippen LogP contribution in [0.2, 0.25) is 0 Å². The first kappa shape index (κ1) is 26.9. The minimum Gasteiger partial charge on any atom is -0.507 e. The van der Waals surface area contributed by atoms with Gasteiger partial charge >= 0.3 is 11.9 Å².